The number of fused-ring (bicyclic) bond motifs is 2. The Bertz CT molecular complexity index is 1330. The Morgan fingerprint density at radius 1 is 1.00 bits per heavy atom. The van der Waals surface area contributed by atoms with E-state index in [2.05, 4.69) is 20.2 Å². The number of aromatic nitrogens is 2. The number of hydrogen-bond acceptors (Lipinski definition) is 6. The van der Waals surface area contributed by atoms with Gasteiger partial charge in [-0.05, 0) is 56.2 Å². The van der Waals surface area contributed by atoms with Gasteiger partial charge >= 0.3 is 0 Å². The number of amides is 1. The average molecular weight is 479 g/mol. The van der Waals surface area contributed by atoms with E-state index in [9.17, 15) is 4.79 Å². The molecule has 1 radical (unpaired) electrons. The van der Waals surface area contributed by atoms with Crippen molar-refractivity contribution < 1.29 is 4.79 Å². The molecule has 36 heavy (non-hydrogen) atoms. The van der Waals surface area contributed by atoms with Crippen LogP contribution in [0.1, 0.15) is 26.7 Å². The monoisotopic (exact) mass is 479 g/mol. The minimum Gasteiger partial charge on any atom is -0.397 e. The molecule has 1 unspecified atom stereocenters. The second-order valence-corrected chi connectivity index (χ2v) is 8.63. The number of nitriles is 1. The number of piperidine rings is 1. The number of hydrogen-bond donors (Lipinski definition) is 2. The normalized spacial score (nSPS) is 14.0. The molecule has 183 valence electrons. The summed E-state index contributed by atoms with van der Waals surface area (Å²) in [5.74, 6) is 1.44. The average Bonchev–Trinajstić information content (AvgIpc) is 2.89. The number of carbonyl (C=O) groups is 1. The molecule has 1 amide bonds. The molecule has 1 aliphatic heterocycles. The first kappa shape index (κ1) is 26.6. The maximum Gasteiger partial charge on any atom is 0.269 e. The molecule has 0 aliphatic carbocycles. The number of nitrogens with two attached hydrogens (primary N) is 1. The molecule has 1 saturated heterocycles. The van der Waals surface area contributed by atoms with Gasteiger partial charge in [0.2, 0.25) is 5.91 Å². The molecule has 0 spiro atoms. The first-order valence-corrected chi connectivity index (χ1v) is 11.8. The van der Waals surface area contributed by atoms with Crippen molar-refractivity contribution in [2.45, 2.75) is 32.5 Å². The molecular formula is C28H32BN6O. The summed E-state index contributed by atoms with van der Waals surface area (Å²) in [5, 5.41) is 14.0. The zero-order chi connectivity index (χ0) is 24.5. The summed E-state index contributed by atoms with van der Waals surface area (Å²) in [6.45, 7) is 2.60. The third-order valence-electron chi connectivity index (χ3n) is 5.99. The first-order chi connectivity index (χ1) is 17.1. The van der Waals surface area contributed by atoms with Crippen LogP contribution in [0.5, 0.6) is 0 Å². The molecule has 3 heterocycles. The van der Waals surface area contributed by atoms with Crippen LogP contribution in [0.25, 0.3) is 21.8 Å². The van der Waals surface area contributed by atoms with Crippen LogP contribution in [0.2, 0.25) is 5.82 Å². The minimum atomic E-state index is -0.431. The number of carbonyl (C=O) groups excluding carboxylic acids is 1. The topological polar surface area (TPSA) is 108 Å². The predicted molar refractivity (Wildman–Crippen MR) is 149 cm³/mol. The summed E-state index contributed by atoms with van der Waals surface area (Å²) in [4.78, 5) is 23.3. The highest BCUT2D eigenvalue weighted by Crippen LogP contribution is 2.19. The number of anilines is 2. The lowest BCUT2D eigenvalue weighted by molar-refractivity contribution is -0.116. The fourth-order valence-corrected chi connectivity index (χ4v) is 4.18. The van der Waals surface area contributed by atoms with Crippen molar-refractivity contribution >= 4 is 46.4 Å². The molecule has 5 rings (SSSR count). The van der Waals surface area contributed by atoms with Gasteiger partial charge in [0.15, 0.2) is 0 Å². The lowest BCUT2D eigenvalue weighted by atomic mass is 9.65. The third-order valence-corrected chi connectivity index (χ3v) is 5.99. The van der Waals surface area contributed by atoms with Crippen molar-refractivity contribution in [2.75, 3.05) is 30.7 Å². The minimum absolute atomic E-state index is 0. The number of nitrogens with one attached hydrogen (secondary N) is 1. The zero-order valence-electron chi connectivity index (χ0n) is 19.6. The molecule has 2 aromatic heterocycles. The van der Waals surface area contributed by atoms with Gasteiger partial charge in [-0.1, -0.05) is 50.2 Å². The highest BCUT2D eigenvalue weighted by atomic mass is 16.1. The number of nitrogen functional groups attached to an aromatic ring is 1. The summed E-state index contributed by atoms with van der Waals surface area (Å²) in [6, 6.07) is 19.5. The molecule has 1 fully saturated rings. The van der Waals surface area contributed by atoms with Crippen molar-refractivity contribution in [3.8, 4) is 5.97 Å². The second kappa shape index (κ2) is 13.2. The molecule has 7 nitrogen and oxygen atoms in total. The molecule has 0 saturated carbocycles. The lowest BCUT2D eigenvalue weighted by Crippen LogP contribution is -2.37. The van der Waals surface area contributed by atoms with Crippen LogP contribution >= 0.6 is 0 Å². The van der Waals surface area contributed by atoms with E-state index >= 15 is 0 Å². The molecule has 4 aromatic rings. The fourth-order valence-electron chi connectivity index (χ4n) is 4.18. The molecule has 1 aliphatic rings. The molecule has 2 aromatic carbocycles. The number of benzene rings is 2. The maximum atomic E-state index is 12.6. The Kier molecular flexibility index (Phi) is 9.78. The van der Waals surface area contributed by atoms with Gasteiger partial charge in [0, 0.05) is 23.1 Å². The Morgan fingerprint density at radius 2 is 1.61 bits per heavy atom. The SMILES string of the molecule is C.N#C[B]C(CN1CCCCC1)C(=O)Nc1cnc2ccccc2c1.Nc1cnc2ccccc2c1. The van der Waals surface area contributed by atoms with E-state index < -0.39 is 5.82 Å². The fraction of sp³-hybridized carbons (Fsp3) is 0.286. The van der Waals surface area contributed by atoms with Gasteiger partial charge < -0.3 is 16.0 Å². The Morgan fingerprint density at radius 3 is 2.28 bits per heavy atom. The summed E-state index contributed by atoms with van der Waals surface area (Å²) in [6.07, 6.45) is 6.90. The first-order valence-electron chi connectivity index (χ1n) is 11.8. The summed E-state index contributed by atoms with van der Waals surface area (Å²) < 4.78 is 0. The summed E-state index contributed by atoms with van der Waals surface area (Å²) >= 11 is 0. The number of para-hydroxylation sites is 2. The van der Waals surface area contributed by atoms with Crippen LogP contribution in [0.4, 0.5) is 11.4 Å². The van der Waals surface area contributed by atoms with Crippen molar-refractivity contribution in [1.82, 2.24) is 14.9 Å². The Balaban J connectivity index is 0.000000251. The van der Waals surface area contributed by atoms with E-state index in [-0.39, 0.29) is 13.3 Å². The molecule has 8 heteroatoms. The highest BCUT2D eigenvalue weighted by molar-refractivity contribution is 6.52. The smallest absolute Gasteiger partial charge is 0.269 e. The van der Waals surface area contributed by atoms with Gasteiger partial charge in [-0.15, -0.1) is 0 Å². The number of rotatable bonds is 5. The molecule has 0 bridgehead atoms. The summed E-state index contributed by atoms with van der Waals surface area (Å²) in [5.41, 5.74) is 8.81. The summed E-state index contributed by atoms with van der Waals surface area (Å²) in [7, 11) is 1.43. The van der Waals surface area contributed by atoms with Crippen molar-refractivity contribution in [3.05, 3.63) is 73.1 Å². The second-order valence-electron chi connectivity index (χ2n) is 8.63. The van der Waals surface area contributed by atoms with E-state index in [0.29, 0.717) is 17.9 Å². The van der Waals surface area contributed by atoms with Gasteiger partial charge in [0.25, 0.3) is 7.28 Å². The van der Waals surface area contributed by atoms with Crippen LogP contribution in [-0.2, 0) is 4.79 Å². The maximum absolute atomic E-state index is 12.6. The molecular weight excluding hydrogens is 447 g/mol. The van der Waals surface area contributed by atoms with Gasteiger partial charge in [0.1, 0.15) is 0 Å². The van der Waals surface area contributed by atoms with Crippen LogP contribution in [-0.4, -0.2) is 47.7 Å². The quantitative estimate of drug-likeness (QED) is 0.386. The Hall–Kier alpha value is -3.96. The van der Waals surface area contributed by atoms with E-state index in [1.165, 1.54) is 13.7 Å². The van der Waals surface area contributed by atoms with Crippen LogP contribution < -0.4 is 11.1 Å². The number of likely N-dealkylation sites (tertiary alicyclic amines) is 1. The Labute approximate surface area is 213 Å². The molecule has 3 N–H and O–H groups in total. The highest BCUT2D eigenvalue weighted by Gasteiger charge is 2.24. The van der Waals surface area contributed by atoms with Crippen LogP contribution in [0.3, 0.4) is 0 Å². The van der Waals surface area contributed by atoms with Crippen LogP contribution in [0, 0.1) is 11.2 Å². The van der Waals surface area contributed by atoms with E-state index in [0.717, 1.165) is 47.7 Å². The van der Waals surface area contributed by atoms with Crippen molar-refractivity contribution in [2.24, 2.45) is 0 Å². The van der Waals surface area contributed by atoms with E-state index in [1.54, 1.807) is 12.4 Å². The molecule has 1 atom stereocenters. The van der Waals surface area contributed by atoms with Gasteiger partial charge in [-0.3, -0.25) is 14.8 Å². The van der Waals surface area contributed by atoms with Gasteiger partial charge in [-0.25, -0.2) is 5.26 Å². The largest absolute Gasteiger partial charge is 0.397 e. The lowest BCUT2D eigenvalue weighted by Gasteiger charge is -2.29. The van der Waals surface area contributed by atoms with E-state index in [4.69, 9.17) is 11.0 Å². The van der Waals surface area contributed by atoms with Gasteiger partial charge in [-0.2, -0.15) is 0 Å². The van der Waals surface area contributed by atoms with Crippen molar-refractivity contribution in [3.63, 3.8) is 0 Å². The predicted octanol–water partition coefficient (Wildman–Crippen LogP) is 5.09. The third kappa shape index (κ3) is 7.27. The number of pyridine rings is 2. The standard InChI is InChI=1S/C18H20BN4O.C9H8N2.CH4/c20-13-19-16(12-23-8-4-1-5-9-23)18(24)22-15-10-14-6-2-3-7-17(14)21-11-15;10-8-5-7-3-1-2-4-9(7)11-6-8;/h2-3,6-7,10-11,16H,1,4-5,8-9,12H2,(H,22,24);1-6H,10H2;1H4. The van der Waals surface area contributed by atoms with Crippen molar-refractivity contribution in [1.29, 1.82) is 5.26 Å². The van der Waals surface area contributed by atoms with Gasteiger partial charge in [0.05, 0.1) is 34.8 Å². The number of nitrogens with zero attached hydrogens (tertiary/aromatic N) is 4. The zero-order valence-corrected chi connectivity index (χ0v) is 19.6. The van der Waals surface area contributed by atoms with Crippen LogP contribution in [0.15, 0.2) is 73.1 Å². The van der Waals surface area contributed by atoms with E-state index in [1.807, 2.05) is 66.6 Å².